The second-order valence-electron chi connectivity index (χ2n) is 6.52. The van der Waals surface area contributed by atoms with Gasteiger partial charge in [0.05, 0.1) is 0 Å². The molecule has 8 nitrogen and oxygen atoms in total. The van der Waals surface area contributed by atoms with Crippen molar-refractivity contribution in [1.82, 2.24) is 25.4 Å². The van der Waals surface area contributed by atoms with Crippen LogP contribution in [-0.2, 0) is 6.54 Å². The summed E-state index contributed by atoms with van der Waals surface area (Å²) in [6.07, 6.45) is 10.8. The summed E-state index contributed by atoms with van der Waals surface area (Å²) >= 11 is 0. The van der Waals surface area contributed by atoms with Gasteiger partial charge in [-0.1, -0.05) is 12.5 Å². The number of pyridine rings is 1. The van der Waals surface area contributed by atoms with E-state index in [-0.39, 0.29) is 11.7 Å². The van der Waals surface area contributed by atoms with E-state index in [4.69, 9.17) is 10.5 Å². The first-order valence-corrected chi connectivity index (χ1v) is 9.25. The van der Waals surface area contributed by atoms with Crippen molar-refractivity contribution in [3.63, 3.8) is 0 Å². The van der Waals surface area contributed by atoms with E-state index in [1.54, 1.807) is 6.20 Å². The second kappa shape index (κ2) is 9.72. The summed E-state index contributed by atoms with van der Waals surface area (Å²) in [5.41, 5.74) is 7.14. The molecule has 27 heavy (non-hydrogen) atoms. The molecule has 0 aromatic carbocycles. The van der Waals surface area contributed by atoms with Crippen molar-refractivity contribution >= 4 is 11.7 Å². The first-order valence-electron chi connectivity index (χ1n) is 9.25. The van der Waals surface area contributed by atoms with Gasteiger partial charge in [-0.15, -0.1) is 0 Å². The average Bonchev–Trinajstić information content (AvgIpc) is 3.11. The Kier molecular flexibility index (Phi) is 6.81. The summed E-state index contributed by atoms with van der Waals surface area (Å²) in [6.45, 7) is 4.05. The smallest absolute Gasteiger partial charge is 0.256 e. The molecule has 0 spiro atoms. The minimum Gasteiger partial charge on any atom is -0.473 e. The molecule has 0 unspecified atom stereocenters. The molecule has 0 aliphatic carbocycles. The molecule has 2 aromatic rings. The van der Waals surface area contributed by atoms with Gasteiger partial charge in [0.15, 0.2) is 5.82 Å². The van der Waals surface area contributed by atoms with Crippen molar-refractivity contribution < 1.29 is 9.53 Å². The van der Waals surface area contributed by atoms with E-state index in [0.29, 0.717) is 24.6 Å². The lowest BCUT2D eigenvalue weighted by molar-refractivity contribution is 0.0959. The molecule has 1 saturated heterocycles. The number of likely N-dealkylation sites (tertiary alicyclic amines) is 1. The average molecular weight is 370 g/mol. The highest BCUT2D eigenvalue weighted by Gasteiger charge is 2.11. The number of hydrogen-bond donors (Lipinski definition) is 3. The standard InChI is InChI=1S/C19H26N6O2/c20-18-16(13-23-24-18)19(26)22-7-2-5-11-27-17-12-15(6-8-21-17)14-25-9-3-1-4-10-25/h2,5-6,8,12-13H,1,3-4,7,9-11,14H2,(H,22,26)(H3,20,23,24). The van der Waals surface area contributed by atoms with E-state index >= 15 is 0 Å². The van der Waals surface area contributed by atoms with Crippen molar-refractivity contribution in [1.29, 1.82) is 0 Å². The molecular weight excluding hydrogens is 344 g/mol. The molecule has 0 atom stereocenters. The highest BCUT2D eigenvalue weighted by atomic mass is 16.5. The van der Waals surface area contributed by atoms with Crippen molar-refractivity contribution in [2.45, 2.75) is 25.8 Å². The molecule has 144 valence electrons. The first kappa shape index (κ1) is 18.9. The highest BCUT2D eigenvalue weighted by Crippen LogP contribution is 2.15. The Labute approximate surface area is 158 Å². The summed E-state index contributed by atoms with van der Waals surface area (Å²) in [6, 6.07) is 4.03. The molecule has 8 heteroatoms. The van der Waals surface area contributed by atoms with Crippen LogP contribution in [0.2, 0.25) is 0 Å². The molecule has 3 heterocycles. The second-order valence-corrected chi connectivity index (χ2v) is 6.52. The topological polar surface area (TPSA) is 109 Å². The van der Waals surface area contributed by atoms with E-state index in [1.807, 2.05) is 24.3 Å². The molecule has 0 bridgehead atoms. The normalized spacial score (nSPS) is 15.1. The Morgan fingerprint density at radius 3 is 2.96 bits per heavy atom. The van der Waals surface area contributed by atoms with Gasteiger partial charge in [-0.05, 0) is 43.6 Å². The number of nitrogens with two attached hydrogens (primary N) is 1. The lowest BCUT2D eigenvalue weighted by atomic mass is 10.1. The fraction of sp³-hybridized carbons (Fsp3) is 0.421. The summed E-state index contributed by atoms with van der Waals surface area (Å²) in [7, 11) is 0. The van der Waals surface area contributed by atoms with Gasteiger partial charge in [0.2, 0.25) is 5.88 Å². The minimum absolute atomic E-state index is 0.190. The fourth-order valence-corrected chi connectivity index (χ4v) is 3.02. The Morgan fingerprint density at radius 1 is 1.33 bits per heavy atom. The number of piperidine rings is 1. The zero-order chi connectivity index (χ0) is 18.9. The number of amides is 1. The van der Waals surface area contributed by atoms with Crippen LogP contribution in [0, 0.1) is 0 Å². The van der Waals surface area contributed by atoms with Gasteiger partial charge in [0, 0.05) is 31.5 Å². The van der Waals surface area contributed by atoms with E-state index in [1.165, 1.54) is 31.0 Å². The largest absolute Gasteiger partial charge is 0.473 e. The Bertz CT molecular complexity index is 767. The molecule has 1 aliphatic rings. The van der Waals surface area contributed by atoms with Gasteiger partial charge < -0.3 is 15.8 Å². The summed E-state index contributed by atoms with van der Waals surface area (Å²) in [5, 5.41) is 9.01. The van der Waals surface area contributed by atoms with Crippen LogP contribution in [0.1, 0.15) is 35.2 Å². The predicted octanol–water partition coefficient (Wildman–Crippen LogP) is 1.74. The summed E-state index contributed by atoms with van der Waals surface area (Å²) in [5.74, 6) is 0.540. The Hall–Kier alpha value is -2.87. The molecule has 1 aliphatic heterocycles. The number of rotatable bonds is 8. The number of carbonyl (C=O) groups is 1. The SMILES string of the molecule is Nc1n[nH]cc1C(=O)NCC=CCOc1cc(CN2CCCCC2)ccn1. The van der Waals surface area contributed by atoms with Crippen molar-refractivity contribution in [3.8, 4) is 5.88 Å². The van der Waals surface area contributed by atoms with Crippen LogP contribution in [0.15, 0.2) is 36.7 Å². The number of H-pyrrole nitrogens is 1. The third-order valence-corrected chi connectivity index (χ3v) is 4.44. The Morgan fingerprint density at radius 2 is 2.19 bits per heavy atom. The molecule has 0 saturated carbocycles. The van der Waals surface area contributed by atoms with Crippen LogP contribution in [-0.4, -0.2) is 52.2 Å². The van der Waals surface area contributed by atoms with Crippen molar-refractivity contribution in [2.24, 2.45) is 0 Å². The highest BCUT2D eigenvalue weighted by molar-refractivity contribution is 5.98. The van der Waals surface area contributed by atoms with E-state index in [2.05, 4.69) is 25.4 Å². The zero-order valence-electron chi connectivity index (χ0n) is 15.4. The van der Waals surface area contributed by atoms with E-state index in [0.717, 1.165) is 19.6 Å². The molecular formula is C19H26N6O2. The number of ether oxygens (including phenoxy) is 1. The van der Waals surface area contributed by atoms with E-state index in [9.17, 15) is 4.79 Å². The van der Waals surface area contributed by atoms with Crippen LogP contribution >= 0.6 is 0 Å². The van der Waals surface area contributed by atoms with Crippen LogP contribution in [0.4, 0.5) is 5.82 Å². The Balaban J connectivity index is 1.38. The van der Waals surface area contributed by atoms with E-state index < -0.39 is 0 Å². The summed E-state index contributed by atoms with van der Waals surface area (Å²) < 4.78 is 5.67. The van der Waals surface area contributed by atoms with Crippen LogP contribution in [0.3, 0.4) is 0 Å². The molecule has 1 fully saturated rings. The van der Waals surface area contributed by atoms with Gasteiger partial charge >= 0.3 is 0 Å². The number of carbonyl (C=O) groups excluding carboxylic acids is 1. The number of nitrogens with zero attached hydrogens (tertiary/aromatic N) is 3. The first-order chi connectivity index (χ1) is 13.2. The lowest BCUT2D eigenvalue weighted by Gasteiger charge is -2.26. The van der Waals surface area contributed by atoms with Gasteiger partial charge in [-0.2, -0.15) is 5.10 Å². The number of aromatic amines is 1. The third kappa shape index (κ3) is 5.82. The third-order valence-electron chi connectivity index (χ3n) is 4.44. The predicted molar refractivity (Wildman–Crippen MR) is 103 cm³/mol. The van der Waals surface area contributed by atoms with Crippen molar-refractivity contribution in [3.05, 3.63) is 47.8 Å². The quantitative estimate of drug-likeness (QED) is 0.611. The number of hydrogen-bond acceptors (Lipinski definition) is 6. The lowest BCUT2D eigenvalue weighted by Crippen LogP contribution is -2.29. The van der Waals surface area contributed by atoms with Gasteiger partial charge in [-0.25, -0.2) is 4.98 Å². The molecule has 2 aromatic heterocycles. The van der Waals surface area contributed by atoms with Crippen LogP contribution in [0.25, 0.3) is 0 Å². The number of aromatic nitrogens is 3. The summed E-state index contributed by atoms with van der Waals surface area (Å²) in [4.78, 5) is 18.6. The molecule has 0 radical (unpaired) electrons. The van der Waals surface area contributed by atoms with Crippen LogP contribution in [0.5, 0.6) is 5.88 Å². The van der Waals surface area contributed by atoms with Crippen LogP contribution < -0.4 is 15.8 Å². The zero-order valence-corrected chi connectivity index (χ0v) is 15.4. The maximum absolute atomic E-state index is 11.9. The van der Waals surface area contributed by atoms with Gasteiger partial charge in [-0.3, -0.25) is 14.8 Å². The van der Waals surface area contributed by atoms with Gasteiger partial charge in [0.25, 0.3) is 5.91 Å². The molecule has 4 N–H and O–H groups in total. The number of anilines is 1. The maximum atomic E-state index is 11.9. The maximum Gasteiger partial charge on any atom is 0.256 e. The molecule has 1 amide bonds. The number of nitrogens with one attached hydrogen (secondary N) is 2. The minimum atomic E-state index is -0.265. The monoisotopic (exact) mass is 370 g/mol. The van der Waals surface area contributed by atoms with Crippen molar-refractivity contribution in [2.75, 3.05) is 32.0 Å². The number of nitrogen functional groups attached to an aromatic ring is 1. The fourth-order valence-electron chi connectivity index (χ4n) is 3.02. The van der Waals surface area contributed by atoms with Gasteiger partial charge in [0.1, 0.15) is 12.2 Å². The molecule has 3 rings (SSSR count).